The van der Waals surface area contributed by atoms with E-state index in [9.17, 15) is 4.79 Å². The van der Waals surface area contributed by atoms with Gasteiger partial charge in [0.15, 0.2) is 0 Å². The molecule has 0 fully saturated rings. The molecule has 0 radical (unpaired) electrons. The number of fused-ring (bicyclic) bond motifs is 1. The van der Waals surface area contributed by atoms with Crippen molar-refractivity contribution < 1.29 is 23.7 Å². The lowest BCUT2D eigenvalue weighted by atomic mass is 9.83. The molecule has 0 saturated heterocycles. The summed E-state index contributed by atoms with van der Waals surface area (Å²) >= 11 is 0. The summed E-state index contributed by atoms with van der Waals surface area (Å²) in [6.45, 7) is 1.97. The maximum atomic E-state index is 11.3. The Labute approximate surface area is 162 Å². The van der Waals surface area contributed by atoms with Gasteiger partial charge in [0.25, 0.3) is 0 Å². The van der Waals surface area contributed by atoms with E-state index >= 15 is 0 Å². The Kier molecular flexibility index (Phi) is 5.41. The number of methoxy groups -OCH3 is 4. The maximum Gasteiger partial charge on any atom is 0.427 e. The summed E-state index contributed by atoms with van der Waals surface area (Å²) in [4.78, 5) is 14.7. The first-order valence-electron chi connectivity index (χ1n) is 8.58. The van der Waals surface area contributed by atoms with Crippen molar-refractivity contribution in [3.8, 4) is 0 Å². The van der Waals surface area contributed by atoms with E-state index in [1.54, 1.807) is 33.5 Å². The second-order valence-corrected chi connectivity index (χ2v) is 6.12. The zero-order valence-corrected chi connectivity index (χ0v) is 16.5. The molecule has 8 nitrogen and oxygen atoms in total. The molecular weight excluding hydrogens is 362 g/mol. The lowest BCUT2D eigenvalue weighted by Crippen LogP contribution is -2.38. The Balaban J connectivity index is 2.22. The molecule has 2 aromatic rings. The van der Waals surface area contributed by atoms with E-state index in [2.05, 4.69) is 20.2 Å². The zero-order chi connectivity index (χ0) is 20.3. The molecule has 1 aliphatic rings. The lowest BCUT2D eigenvalue weighted by molar-refractivity contribution is -0.0305. The zero-order valence-electron chi connectivity index (χ0n) is 16.5. The number of para-hydroxylation sites is 1. The first-order chi connectivity index (χ1) is 13.5. The number of ether oxygens (including phenoxy) is 4. The summed E-state index contributed by atoms with van der Waals surface area (Å²) in [5.74, 6) is 0.931. The molecule has 28 heavy (non-hydrogen) atoms. The number of aromatic nitrogens is 1. The Hall–Kier alpha value is -3.26. The van der Waals surface area contributed by atoms with Crippen molar-refractivity contribution in [2.24, 2.45) is 5.10 Å². The van der Waals surface area contributed by atoms with Crippen molar-refractivity contribution in [2.75, 3.05) is 28.4 Å². The number of benzene rings is 1. The number of hydrazone groups is 1. The van der Waals surface area contributed by atoms with E-state index in [1.165, 1.54) is 7.11 Å². The van der Waals surface area contributed by atoms with Gasteiger partial charge in [-0.1, -0.05) is 18.2 Å². The third-order valence-electron chi connectivity index (χ3n) is 4.71. The molecule has 1 aromatic heterocycles. The Bertz CT molecular complexity index is 963. The summed E-state index contributed by atoms with van der Waals surface area (Å²) in [7, 11) is 5.95. The van der Waals surface area contributed by atoms with Crippen LogP contribution in [0.5, 0.6) is 0 Å². The first-order valence-corrected chi connectivity index (χ1v) is 8.58. The van der Waals surface area contributed by atoms with Crippen LogP contribution in [0, 0.1) is 6.92 Å². The molecular formula is C20H23N3O5. The van der Waals surface area contributed by atoms with Gasteiger partial charge in [-0.3, -0.25) is 0 Å². The molecule has 0 unspecified atom stereocenters. The Morgan fingerprint density at radius 1 is 1.07 bits per heavy atom. The molecule has 148 valence electrons. The highest BCUT2D eigenvalue weighted by molar-refractivity contribution is 6.07. The predicted octanol–water partition coefficient (Wildman–Crippen LogP) is 3.10. The standard InChI is InChI=1S/C20H23N3O5/c1-12-18(14-8-6-7-9-15(14)21-12)20(28-5)16(25-2)10-13(11-17(20)26-3)22-23-19(24)27-4/h6-11,21H,1-5H3,(H,23,24). The minimum Gasteiger partial charge on any atom is -0.497 e. The van der Waals surface area contributed by atoms with Crippen LogP contribution in [0.1, 0.15) is 11.3 Å². The second-order valence-electron chi connectivity index (χ2n) is 6.12. The Morgan fingerprint density at radius 2 is 1.71 bits per heavy atom. The third-order valence-corrected chi connectivity index (χ3v) is 4.71. The number of hydrogen-bond donors (Lipinski definition) is 2. The van der Waals surface area contributed by atoms with Crippen LogP contribution >= 0.6 is 0 Å². The van der Waals surface area contributed by atoms with Crippen LogP contribution in [0.2, 0.25) is 0 Å². The van der Waals surface area contributed by atoms with E-state index in [4.69, 9.17) is 14.2 Å². The summed E-state index contributed by atoms with van der Waals surface area (Å²) in [6.07, 6.45) is 2.69. The highest BCUT2D eigenvalue weighted by atomic mass is 16.6. The molecule has 0 aliphatic heterocycles. The number of amides is 1. The highest BCUT2D eigenvalue weighted by Crippen LogP contribution is 2.47. The topological polar surface area (TPSA) is 94.2 Å². The number of aromatic amines is 1. The minimum atomic E-state index is -1.11. The molecule has 0 bridgehead atoms. The number of nitrogens with one attached hydrogen (secondary N) is 2. The largest absolute Gasteiger partial charge is 0.497 e. The van der Waals surface area contributed by atoms with Crippen molar-refractivity contribution in [3.63, 3.8) is 0 Å². The van der Waals surface area contributed by atoms with E-state index < -0.39 is 11.7 Å². The molecule has 3 rings (SSSR count). The quantitative estimate of drug-likeness (QED) is 0.772. The van der Waals surface area contributed by atoms with E-state index in [-0.39, 0.29) is 0 Å². The highest BCUT2D eigenvalue weighted by Gasteiger charge is 2.48. The van der Waals surface area contributed by atoms with Crippen molar-refractivity contribution in [2.45, 2.75) is 12.5 Å². The molecule has 2 N–H and O–H groups in total. The first kappa shape index (κ1) is 19.5. The van der Waals surface area contributed by atoms with Gasteiger partial charge >= 0.3 is 6.09 Å². The van der Waals surface area contributed by atoms with Crippen LogP contribution in [-0.4, -0.2) is 45.2 Å². The monoisotopic (exact) mass is 385 g/mol. The van der Waals surface area contributed by atoms with Gasteiger partial charge in [0.2, 0.25) is 5.60 Å². The smallest absolute Gasteiger partial charge is 0.427 e. The van der Waals surface area contributed by atoms with Crippen LogP contribution in [0.3, 0.4) is 0 Å². The van der Waals surface area contributed by atoms with Crippen LogP contribution in [0.15, 0.2) is 53.0 Å². The SMILES string of the molecule is COC(=O)NN=C1C=C(OC)C(OC)(c2c(C)[nH]c3ccccc23)C(OC)=C1. The molecule has 0 saturated carbocycles. The number of hydrogen-bond acceptors (Lipinski definition) is 6. The summed E-state index contributed by atoms with van der Waals surface area (Å²) < 4.78 is 22.0. The lowest BCUT2D eigenvalue weighted by Gasteiger charge is -2.37. The fourth-order valence-corrected chi connectivity index (χ4v) is 3.54. The van der Waals surface area contributed by atoms with Gasteiger partial charge in [0, 0.05) is 41.4 Å². The fourth-order valence-electron chi connectivity index (χ4n) is 3.54. The number of nitrogens with zero attached hydrogens (tertiary/aromatic N) is 1. The van der Waals surface area contributed by atoms with Crippen molar-refractivity contribution in [1.82, 2.24) is 10.4 Å². The van der Waals surface area contributed by atoms with Gasteiger partial charge < -0.3 is 23.9 Å². The van der Waals surface area contributed by atoms with Crippen LogP contribution in [0.25, 0.3) is 10.9 Å². The Morgan fingerprint density at radius 3 is 2.29 bits per heavy atom. The van der Waals surface area contributed by atoms with Gasteiger partial charge in [-0.15, -0.1) is 0 Å². The number of carbonyl (C=O) groups is 1. The summed E-state index contributed by atoms with van der Waals surface area (Å²) in [5, 5.41) is 5.02. The molecule has 0 spiro atoms. The van der Waals surface area contributed by atoms with E-state index in [1.807, 2.05) is 31.2 Å². The maximum absolute atomic E-state index is 11.3. The number of carbonyl (C=O) groups excluding carboxylic acids is 1. The van der Waals surface area contributed by atoms with Crippen LogP contribution < -0.4 is 5.43 Å². The third kappa shape index (κ3) is 3.01. The van der Waals surface area contributed by atoms with Crippen LogP contribution in [0.4, 0.5) is 4.79 Å². The van der Waals surface area contributed by atoms with Gasteiger partial charge in [0.05, 0.1) is 27.0 Å². The van der Waals surface area contributed by atoms with Gasteiger partial charge in [-0.05, 0) is 13.0 Å². The molecule has 1 aromatic carbocycles. The molecule has 1 aliphatic carbocycles. The number of allylic oxidation sites excluding steroid dienone is 2. The van der Waals surface area contributed by atoms with Crippen molar-refractivity contribution >= 4 is 22.7 Å². The molecule has 1 amide bonds. The van der Waals surface area contributed by atoms with Gasteiger partial charge in [-0.2, -0.15) is 5.10 Å². The summed E-state index contributed by atoms with van der Waals surface area (Å²) in [6, 6.07) is 7.94. The average Bonchev–Trinajstić information content (AvgIpc) is 3.06. The van der Waals surface area contributed by atoms with Crippen molar-refractivity contribution in [1.29, 1.82) is 0 Å². The normalized spacial score (nSPS) is 19.0. The predicted molar refractivity (Wildman–Crippen MR) is 105 cm³/mol. The van der Waals surface area contributed by atoms with E-state index in [0.29, 0.717) is 17.2 Å². The van der Waals surface area contributed by atoms with Gasteiger partial charge in [0.1, 0.15) is 11.5 Å². The number of H-pyrrole nitrogens is 1. The number of rotatable bonds is 5. The fraction of sp³-hybridized carbons (Fsp3) is 0.300. The summed E-state index contributed by atoms with van der Waals surface area (Å²) in [5.41, 5.74) is 4.37. The van der Waals surface area contributed by atoms with Gasteiger partial charge in [-0.25, -0.2) is 10.2 Å². The van der Waals surface area contributed by atoms with Crippen LogP contribution in [-0.2, 0) is 24.5 Å². The average molecular weight is 385 g/mol. The molecule has 1 heterocycles. The molecule has 8 heteroatoms. The second kappa shape index (κ2) is 7.77. The minimum absolute atomic E-state index is 0.421. The molecule has 0 atom stereocenters. The van der Waals surface area contributed by atoms with E-state index in [0.717, 1.165) is 22.2 Å². The number of aryl methyl sites for hydroxylation is 1. The van der Waals surface area contributed by atoms with Crippen molar-refractivity contribution in [3.05, 3.63) is 59.2 Å².